The summed E-state index contributed by atoms with van der Waals surface area (Å²) in [4.78, 5) is 129. The highest BCUT2D eigenvalue weighted by Crippen LogP contribution is 2.23. The average molecular weight is 1170 g/mol. The lowest BCUT2D eigenvalue weighted by molar-refractivity contribution is -0.117. The fourth-order valence-corrected chi connectivity index (χ4v) is 9.10. The number of nitrogens with two attached hydrogens (primary N) is 1. The Bertz CT molecular complexity index is 3890. The summed E-state index contributed by atoms with van der Waals surface area (Å²) in [5.74, 6) is -4.23. The van der Waals surface area contributed by atoms with Crippen LogP contribution in [0.1, 0.15) is 97.0 Å². The van der Waals surface area contributed by atoms with Crippen molar-refractivity contribution in [1.82, 2.24) is 62.0 Å². The number of amides is 9. The maximum atomic E-state index is 13.5. The van der Waals surface area contributed by atoms with Crippen LogP contribution in [-0.4, -0.2) is 144 Å². The van der Waals surface area contributed by atoms with Crippen molar-refractivity contribution in [3.8, 4) is 0 Å². The molecule has 8 aromatic heterocycles. The van der Waals surface area contributed by atoms with E-state index in [1.165, 1.54) is 78.0 Å². The standard InChI is InChI=1S/C55H67N21O9/c1-68(2)16-11-13-58-48(78)38-19-35(28-71(38)5)65-55(85)46-66-44(30-76(46)10)67-53(83)43-22-34(27-75(43)9)63-50(80)40-20-31(24-72(40)6)60-47(77)37(56)12-14-59-49(79)39-18-32(25-70(39)4)61-51(81)41-21-33(26-73(41)7)62-52(82)42-23-36(29-74(42)8)64-54(84)45-57-15-17-69(45)3/h15,17-30,37H,11-14,16,56H2,1-10H3,(H,58,78)(H,59,79)(H,60,77)(H,61,81)(H,62,82)(H,63,80)(H,64,84)(H,65,85)(H,67,83)/t37-/m1/s1. The van der Waals surface area contributed by atoms with Crippen LogP contribution >= 0.6 is 0 Å². The van der Waals surface area contributed by atoms with E-state index in [0.29, 0.717) is 35.0 Å². The molecule has 30 heteroatoms. The van der Waals surface area contributed by atoms with Crippen molar-refractivity contribution in [2.24, 2.45) is 62.1 Å². The molecule has 0 spiro atoms. The molecule has 0 radical (unpaired) electrons. The Hall–Kier alpha value is -10.8. The highest BCUT2D eigenvalue weighted by molar-refractivity contribution is 6.10. The topological polar surface area (TPSA) is 356 Å². The molecule has 11 N–H and O–H groups in total. The van der Waals surface area contributed by atoms with Crippen molar-refractivity contribution < 1.29 is 43.2 Å². The molecule has 30 nitrogen and oxygen atoms in total. The number of hydrogen-bond acceptors (Lipinski definition) is 13. The Balaban J connectivity index is 0.770. The zero-order valence-corrected chi connectivity index (χ0v) is 48.4. The Morgan fingerprint density at radius 2 is 0.788 bits per heavy atom. The van der Waals surface area contributed by atoms with Gasteiger partial charge < -0.3 is 95.0 Å². The number of nitrogens with zero attached hydrogens (tertiary/aromatic N) is 11. The minimum absolute atomic E-state index is 0.0101. The number of nitrogens with one attached hydrogen (secondary N) is 9. The van der Waals surface area contributed by atoms with Gasteiger partial charge in [-0.2, -0.15) is 0 Å². The Morgan fingerprint density at radius 3 is 1.18 bits per heavy atom. The molecule has 85 heavy (non-hydrogen) atoms. The van der Waals surface area contributed by atoms with E-state index < -0.39 is 53.3 Å². The maximum absolute atomic E-state index is 13.5. The van der Waals surface area contributed by atoms with E-state index in [2.05, 4.69) is 57.8 Å². The van der Waals surface area contributed by atoms with Crippen LogP contribution in [0.5, 0.6) is 0 Å². The molecular formula is C55H67N21O9. The van der Waals surface area contributed by atoms with E-state index in [1.807, 2.05) is 19.0 Å². The zero-order chi connectivity index (χ0) is 61.6. The molecule has 0 aliphatic rings. The smallest absolute Gasteiger partial charge is 0.291 e. The van der Waals surface area contributed by atoms with Gasteiger partial charge in [0.2, 0.25) is 11.7 Å². The SMILES string of the molecule is CN(C)CCCNC(=O)c1cc(NC(=O)c2nc(NC(=O)c3cc(NC(=O)c4cc(NC(=O)[C@H](N)CCNC(=O)c5cc(NC(=O)c6cc(NC(=O)c7cc(NC(=O)c8nccn8C)cn7C)cn6C)cn5C)cn4C)cn3C)cn2C)cn1C. The van der Waals surface area contributed by atoms with Crippen LogP contribution in [0.15, 0.2) is 92.2 Å². The fraction of sp³-hybridized carbons (Fsp3) is 0.291. The molecule has 446 valence electrons. The first-order chi connectivity index (χ1) is 40.3. The third-order valence-electron chi connectivity index (χ3n) is 13.5. The van der Waals surface area contributed by atoms with Gasteiger partial charge in [0.1, 0.15) is 34.2 Å². The van der Waals surface area contributed by atoms with Gasteiger partial charge in [0, 0.05) is 125 Å². The van der Waals surface area contributed by atoms with Crippen LogP contribution < -0.4 is 53.6 Å². The molecule has 8 rings (SSSR count). The molecule has 0 saturated carbocycles. The van der Waals surface area contributed by atoms with Crippen LogP contribution in [0.4, 0.5) is 39.9 Å². The molecule has 0 bridgehead atoms. The number of anilines is 7. The van der Waals surface area contributed by atoms with Crippen LogP contribution in [0.25, 0.3) is 0 Å². The molecule has 0 unspecified atom stereocenters. The molecule has 0 aliphatic heterocycles. The van der Waals surface area contributed by atoms with Gasteiger partial charge >= 0.3 is 0 Å². The number of hydrogen-bond donors (Lipinski definition) is 10. The molecule has 9 amide bonds. The third-order valence-corrected chi connectivity index (χ3v) is 13.5. The summed E-state index contributed by atoms with van der Waals surface area (Å²) in [6.07, 6.45) is 14.8. The second-order valence-corrected chi connectivity index (χ2v) is 20.5. The van der Waals surface area contributed by atoms with E-state index in [9.17, 15) is 43.2 Å². The number of imidazole rings is 2. The first-order valence-electron chi connectivity index (χ1n) is 26.5. The highest BCUT2D eigenvalue weighted by Gasteiger charge is 2.24. The lowest BCUT2D eigenvalue weighted by atomic mass is 10.2. The van der Waals surface area contributed by atoms with Gasteiger partial charge in [-0.3, -0.25) is 43.2 Å². The molecule has 8 heterocycles. The van der Waals surface area contributed by atoms with Crippen molar-refractivity contribution >= 4 is 93.1 Å². The Labute approximate surface area is 486 Å². The lowest BCUT2D eigenvalue weighted by Gasteiger charge is -2.12. The Morgan fingerprint density at radius 1 is 0.435 bits per heavy atom. The van der Waals surface area contributed by atoms with E-state index in [4.69, 9.17) is 5.73 Å². The van der Waals surface area contributed by atoms with E-state index in [0.717, 1.165) is 13.0 Å². The summed E-state index contributed by atoms with van der Waals surface area (Å²) < 4.78 is 12.2. The van der Waals surface area contributed by atoms with E-state index in [1.54, 1.807) is 107 Å². The number of carbonyl (C=O) groups excluding carboxylic acids is 9. The highest BCUT2D eigenvalue weighted by atomic mass is 16.2. The van der Waals surface area contributed by atoms with Crippen LogP contribution in [-0.2, 0) is 61.2 Å². The maximum Gasteiger partial charge on any atom is 0.291 e. The van der Waals surface area contributed by atoms with Crippen molar-refractivity contribution in [1.29, 1.82) is 0 Å². The summed E-state index contributed by atoms with van der Waals surface area (Å²) in [5, 5.41) is 24.8. The molecule has 0 saturated heterocycles. The van der Waals surface area contributed by atoms with Crippen molar-refractivity contribution in [2.75, 3.05) is 70.9 Å². The molecule has 1 atom stereocenters. The van der Waals surface area contributed by atoms with Gasteiger partial charge in [-0.15, -0.1) is 0 Å². The predicted octanol–water partition coefficient (Wildman–Crippen LogP) is 2.47. The van der Waals surface area contributed by atoms with E-state index >= 15 is 0 Å². The molecule has 8 aromatic rings. The monoisotopic (exact) mass is 1170 g/mol. The van der Waals surface area contributed by atoms with Crippen molar-refractivity contribution in [3.05, 3.63) is 138 Å². The van der Waals surface area contributed by atoms with Crippen LogP contribution in [0, 0.1) is 0 Å². The average Bonchev–Trinajstić information content (AvgIpc) is 4.41. The number of carbonyl (C=O) groups is 9. The normalized spacial score (nSPS) is 11.5. The van der Waals surface area contributed by atoms with Gasteiger partial charge in [0.25, 0.3) is 47.3 Å². The van der Waals surface area contributed by atoms with Crippen molar-refractivity contribution in [3.63, 3.8) is 0 Å². The molecular weight excluding hydrogens is 1100 g/mol. The molecule has 0 aliphatic carbocycles. The van der Waals surface area contributed by atoms with Gasteiger partial charge in [-0.25, -0.2) is 9.97 Å². The first-order valence-corrected chi connectivity index (χ1v) is 26.5. The zero-order valence-electron chi connectivity index (χ0n) is 48.4. The van der Waals surface area contributed by atoms with Gasteiger partial charge in [0.15, 0.2) is 11.6 Å². The summed E-state index contributed by atoms with van der Waals surface area (Å²) >= 11 is 0. The second kappa shape index (κ2) is 25.6. The van der Waals surface area contributed by atoms with Gasteiger partial charge in [-0.05, 0) is 69.9 Å². The number of rotatable bonds is 23. The molecule has 0 fully saturated rings. The fourth-order valence-electron chi connectivity index (χ4n) is 9.10. The number of aromatic nitrogens is 10. The molecule has 0 aromatic carbocycles. The lowest BCUT2D eigenvalue weighted by Crippen LogP contribution is -2.39. The van der Waals surface area contributed by atoms with Crippen LogP contribution in [0.2, 0.25) is 0 Å². The third kappa shape index (κ3) is 14.5. The minimum atomic E-state index is -1.06. The van der Waals surface area contributed by atoms with Crippen LogP contribution in [0.3, 0.4) is 0 Å². The van der Waals surface area contributed by atoms with Gasteiger partial charge in [0.05, 0.1) is 40.2 Å². The number of aryl methyl sites for hydroxylation is 8. The quantitative estimate of drug-likeness (QED) is 0.0412. The second-order valence-electron chi connectivity index (χ2n) is 20.5. The largest absolute Gasteiger partial charge is 0.351 e. The minimum Gasteiger partial charge on any atom is -0.351 e. The first kappa shape index (κ1) is 60.3. The summed E-state index contributed by atoms with van der Waals surface area (Å²) in [6, 6.07) is 7.89. The summed E-state index contributed by atoms with van der Waals surface area (Å²) in [7, 11) is 17.0. The van der Waals surface area contributed by atoms with Gasteiger partial charge in [-0.1, -0.05) is 0 Å². The van der Waals surface area contributed by atoms with E-state index in [-0.39, 0.29) is 76.2 Å². The van der Waals surface area contributed by atoms with Crippen molar-refractivity contribution in [2.45, 2.75) is 18.9 Å². The Kier molecular flexibility index (Phi) is 18.2. The summed E-state index contributed by atoms with van der Waals surface area (Å²) in [6.45, 7) is 1.33. The summed E-state index contributed by atoms with van der Waals surface area (Å²) in [5.41, 5.74) is 9.51. The predicted molar refractivity (Wildman–Crippen MR) is 316 cm³/mol.